The van der Waals surface area contributed by atoms with Gasteiger partial charge in [-0.3, -0.25) is 9.88 Å². The van der Waals surface area contributed by atoms with Crippen LogP contribution in [0.5, 0.6) is 0 Å². The topological polar surface area (TPSA) is 201 Å². The molecule has 15 heteroatoms. The van der Waals surface area contributed by atoms with Crippen molar-refractivity contribution in [3.05, 3.63) is 12.7 Å². The van der Waals surface area contributed by atoms with Crippen molar-refractivity contribution in [1.82, 2.24) is 24.8 Å². The lowest BCUT2D eigenvalue weighted by Crippen LogP contribution is -2.50. The molecule has 164 valence electrons. The highest BCUT2D eigenvalue weighted by atomic mass is 127. The number of amides is 2. The molecule has 0 spiro atoms. The lowest BCUT2D eigenvalue weighted by molar-refractivity contribution is -0.210. The molecule has 6 atom stereocenters. The number of urea groups is 1. The first-order valence-electron chi connectivity index (χ1n) is 8.65. The summed E-state index contributed by atoms with van der Waals surface area (Å²) in [6.07, 6.45) is -3.60. The van der Waals surface area contributed by atoms with Crippen molar-refractivity contribution < 1.29 is 37.8 Å². The molecule has 1 aliphatic heterocycles. The molecule has 2 amide bonds. The fourth-order valence-electron chi connectivity index (χ4n) is 2.88. The number of carbonyl (C=O) groups is 2. The quantitative estimate of drug-likeness (QED) is 0.241. The number of nitrogens with one attached hydrogen (secondary N) is 2. The van der Waals surface area contributed by atoms with Gasteiger partial charge in [-0.25, -0.2) is 24.5 Å². The van der Waals surface area contributed by atoms with Crippen molar-refractivity contribution >= 4 is 52.0 Å². The number of imidazole rings is 1. The highest BCUT2D eigenvalue weighted by Crippen LogP contribution is 2.28. The van der Waals surface area contributed by atoms with Crippen molar-refractivity contribution in [2.75, 3.05) is 11.9 Å². The summed E-state index contributed by atoms with van der Waals surface area (Å²) >= 11 is 1.54. The number of nitrogens with zero attached hydrogens (tertiary/aromatic N) is 4. The second-order valence-electron chi connectivity index (χ2n) is 6.53. The third-order valence-electron chi connectivity index (χ3n) is 4.50. The van der Waals surface area contributed by atoms with E-state index in [1.807, 2.05) is 0 Å². The van der Waals surface area contributed by atoms with Gasteiger partial charge in [0.1, 0.15) is 47.6 Å². The van der Waals surface area contributed by atoms with Gasteiger partial charge in [-0.15, -0.1) is 0 Å². The van der Waals surface area contributed by atoms with E-state index in [1.165, 1.54) is 40.8 Å². The Morgan fingerprint density at radius 3 is 2.70 bits per heavy atom. The molecule has 3 heterocycles. The third-order valence-corrected chi connectivity index (χ3v) is 5.30. The Balaban J connectivity index is 1.82. The summed E-state index contributed by atoms with van der Waals surface area (Å²) < 4.78 is 11.6. The first kappa shape index (κ1) is 22.5. The van der Waals surface area contributed by atoms with Gasteiger partial charge < -0.3 is 33.5 Å². The van der Waals surface area contributed by atoms with E-state index in [1.54, 1.807) is 0 Å². The van der Waals surface area contributed by atoms with Crippen LogP contribution in [0.15, 0.2) is 12.7 Å². The van der Waals surface area contributed by atoms with Gasteiger partial charge in [0.2, 0.25) is 0 Å². The number of hydrogen-bond donors (Lipinski definition) is 6. The van der Waals surface area contributed by atoms with E-state index in [0.717, 1.165) is 6.33 Å². The van der Waals surface area contributed by atoms with Gasteiger partial charge in [0, 0.05) is 0 Å². The number of carboxylic acids is 1. The molecule has 2 aromatic heterocycles. The Hall–Kier alpha value is -2.18. The van der Waals surface area contributed by atoms with E-state index in [0.29, 0.717) is 0 Å². The molecule has 30 heavy (non-hydrogen) atoms. The van der Waals surface area contributed by atoms with Crippen molar-refractivity contribution in [1.29, 1.82) is 0 Å². The van der Waals surface area contributed by atoms with Crippen LogP contribution in [0.3, 0.4) is 0 Å². The van der Waals surface area contributed by atoms with Gasteiger partial charge in [0.05, 0.1) is 19.0 Å². The monoisotopic (exact) mass is 538 g/mol. The van der Waals surface area contributed by atoms with E-state index < -0.39 is 48.7 Å². The largest absolute Gasteiger partial charge is 0.480 e. The van der Waals surface area contributed by atoms with E-state index in [2.05, 4.69) is 25.6 Å². The lowest BCUT2D eigenvalue weighted by atomic mass is 10.0. The summed E-state index contributed by atoms with van der Waals surface area (Å²) in [4.78, 5) is 35.7. The standard InChI is InChI=1S/C15H19IN6O8/c1-5(30-16)7(14(26)27)20-15(28)21-11-8-12(18-3-17-11)22(4-19-8)13-10(25)9(24)6(23)2-29-13/h3-7,9-10,13,23-25H,2H2,1H3,(H,26,27)(H2,17,18,20,21,28)/t5-,6-,7?,9?,10?,13-/m1/s1. The Bertz CT molecular complexity index is 928. The molecule has 0 aromatic carbocycles. The Morgan fingerprint density at radius 2 is 2.03 bits per heavy atom. The molecule has 3 rings (SSSR count). The number of carboxylic acid groups (broad SMARTS) is 1. The zero-order valence-corrected chi connectivity index (χ0v) is 17.6. The number of halogens is 1. The van der Waals surface area contributed by atoms with Crippen LogP contribution in [0, 0.1) is 0 Å². The molecular weight excluding hydrogens is 519 g/mol. The van der Waals surface area contributed by atoms with Crippen LogP contribution in [-0.4, -0.2) is 89.0 Å². The normalized spacial score (nSPS) is 26.2. The average Bonchev–Trinajstić information content (AvgIpc) is 3.14. The minimum Gasteiger partial charge on any atom is -0.480 e. The number of aliphatic hydroxyl groups excluding tert-OH is 3. The van der Waals surface area contributed by atoms with E-state index >= 15 is 0 Å². The molecule has 0 radical (unpaired) electrons. The van der Waals surface area contributed by atoms with Crippen LogP contribution >= 0.6 is 23.0 Å². The first-order chi connectivity index (χ1) is 14.2. The van der Waals surface area contributed by atoms with Crippen LogP contribution in [0.4, 0.5) is 10.6 Å². The summed E-state index contributed by atoms with van der Waals surface area (Å²) in [6.45, 7) is 1.27. The van der Waals surface area contributed by atoms with Crippen LogP contribution in [0.1, 0.15) is 13.2 Å². The molecule has 14 nitrogen and oxygen atoms in total. The second kappa shape index (κ2) is 9.31. The van der Waals surface area contributed by atoms with Crippen molar-refractivity contribution in [2.45, 2.75) is 43.6 Å². The maximum absolute atomic E-state index is 12.3. The SMILES string of the molecule is C[C@@H](OI)C(NC(=O)Nc1ncnc2c1ncn2[C@@H]1OC[C@@H](O)C(O)C1O)C(=O)O. The van der Waals surface area contributed by atoms with Crippen LogP contribution < -0.4 is 10.6 Å². The van der Waals surface area contributed by atoms with Gasteiger partial charge >= 0.3 is 12.0 Å². The molecule has 0 bridgehead atoms. The average molecular weight is 538 g/mol. The first-order valence-corrected chi connectivity index (χ1v) is 9.53. The predicted octanol–water partition coefficient (Wildman–Crippen LogP) is -1.23. The molecule has 2 aromatic rings. The minimum absolute atomic E-state index is 0.0192. The Morgan fingerprint density at radius 1 is 1.30 bits per heavy atom. The lowest BCUT2D eigenvalue weighted by Gasteiger charge is -2.35. The van der Waals surface area contributed by atoms with Gasteiger partial charge in [-0.05, 0) is 6.92 Å². The van der Waals surface area contributed by atoms with Gasteiger partial charge in [-0.1, -0.05) is 0 Å². The molecule has 6 N–H and O–H groups in total. The van der Waals surface area contributed by atoms with E-state index in [9.17, 15) is 30.0 Å². The van der Waals surface area contributed by atoms with Crippen molar-refractivity contribution in [3.63, 3.8) is 0 Å². The fraction of sp³-hybridized carbons (Fsp3) is 0.533. The Kier molecular flexibility index (Phi) is 6.98. The summed E-state index contributed by atoms with van der Waals surface area (Å²) in [5, 5.41) is 43.6. The van der Waals surface area contributed by atoms with Crippen LogP contribution in [0.25, 0.3) is 11.2 Å². The second-order valence-corrected chi connectivity index (χ2v) is 7.04. The zero-order chi connectivity index (χ0) is 22.0. The van der Waals surface area contributed by atoms with Crippen molar-refractivity contribution in [3.8, 4) is 0 Å². The number of aliphatic carboxylic acids is 1. The van der Waals surface area contributed by atoms with Gasteiger partial charge in [-0.2, -0.15) is 0 Å². The van der Waals surface area contributed by atoms with Gasteiger partial charge in [0.25, 0.3) is 0 Å². The minimum atomic E-state index is -1.45. The number of ether oxygens (including phenoxy) is 1. The van der Waals surface area contributed by atoms with E-state index in [-0.39, 0.29) is 23.6 Å². The predicted molar refractivity (Wildman–Crippen MR) is 106 cm³/mol. The molecule has 0 saturated carbocycles. The highest BCUT2D eigenvalue weighted by molar-refractivity contribution is 14.1. The fourth-order valence-corrected chi connectivity index (χ4v) is 3.17. The molecule has 0 aliphatic carbocycles. The molecule has 1 aliphatic rings. The molecule has 3 unspecified atom stereocenters. The third kappa shape index (κ3) is 4.44. The molecular formula is C15H19IN6O8. The number of aromatic nitrogens is 4. The smallest absolute Gasteiger partial charge is 0.329 e. The number of fused-ring (bicyclic) bond motifs is 1. The van der Waals surface area contributed by atoms with Gasteiger partial charge in [0.15, 0.2) is 29.3 Å². The zero-order valence-electron chi connectivity index (χ0n) is 15.4. The Labute approximate surface area is 182 Å². The van der Waals surface area contributed by atoms with E-state index in [4.69, 9.17) is 7.80 Å². The highest BCUT2D eigenvalue weighted by Gasteiger charge is 2.39. The number of hydrogen-bond acceptors (Lipinski definition) is 10. The maximum atomic E-state index is 12.3. The molecule has 1 saturated heterocycles. The summed E-state index contributed by atoms with van der Waals surface area (Å²) in [5.74, 6) is -1.30. The summed E-state index contributed by atoms with van der Waals surface area (Å²) in [6, 6.07) is -2.17. The van der Waals surface area contributed by atoms with Crippen LogP contribution in [0.2, 0.25) is 0 Å². The number of anilines is 1. The number of rotatable bonds is 6. The molecule has 1 fully saturated rings. The number of aliphatic hydroxyl groups is 3. The van der Waals surface area contributed by atoms with Crippen molar-refractivity contribution in [2.24, 2.45) is 0 Å². The summed E-state index contributed by atoms with van der Waals surface area (Å²) in [5.41, 5.74) is 0.306. The number of carbonyl (C=O) groups excluding carboxylic acids is 1. The maximum Gasteiger partial charge on any atom is 0.329 e. The van der Waals surface area contributed by atoms with Crippen LogP contribution in [-0.2, 0) is 12.6 Å². The summed E-state index contributed by atoms with van der Waals surface area (Å²) in [7, 11) is 0.